The Kier molecular flexibility index (Phi) is 4.64. The summed E-state index contributed by atoms with van der Waals surface area (Å²) >= 11 is 0. The van der Waals surface area contributed by atoms with Gasteiger partial charge in [-0.2, -0.15) is 0 Å². The second-order valence-electron chi connectivity index (χ2n) is 6.33. The Balaban J connectivity index is 1.34. The average Bonchev–Trinajstić information content (AvgIpc) is 2.73. The number of para-hydroxylation sites is 1. The van der Waals surface area contributed by atoms with Gasteiger partial charge in [0, 0.05) is 62.4 Å². The molecule has 0 unspecified atom stereocenters. The SMILES string of the molecule is O=C(NCc1cccc2cccnc12)N1CCN(c2ccncc2)CC1. The average molecular weight is 347 g/mol. The Morgan fingerprint density at radius 2 is 1.73 bits per heavy atom. The normalized spacial score (nSPS) is 14.5. The maximum atomic E-state index is 12.5. The van der Waals surface area contributed by atoms with E-state index in [1.807, 2.05) is 47.4 Å². The summed E-state index contributed by atoms with van der Waals surface area (Å²) in [4.78, 5) is 25.2. The van der Waals surface area contributed by atoms with E-state index in [0.717, 1.165) is 35.2 Å². The number of urea groups is 1. The third-order valence-corrected chi connectivity index (χ3v) is 4.74. The lowest BCUT2D eigenvalue weighted by Gasteiger charge is -2.36. The summed E-state index contributed by atoms with van der Waals surface area (Å²) in [5, 5.41) is 4.12. The van der Waals surface area contributed by atoms with E-state index in [1.165, 1.54) is 0 Å². The number of hydrogen-bond acceptors (Lipinski definition) is 4. The van der Waals surface area contributed by atoms with E-state index in [1.54, 1.807) is 18.6 Å². The molecule has 1 aromatic carbocycles. The van der Waals surface area contributed by atoms with Gasteiger partial charge in [-0.3, -0.25) is 9.97 Å². The zero-order chi connectivity index (χ0) is 17.8. The van der Waals surface area contributed by atoms with Gasteiger partial charge in [-0.25, -0.2) is 4.79 Å². The molecule has 1 aliphatic rings. The molecule has 3 heterocycles. The van der Waals surface area contributed by atoms with Crippen molar-refractivity contribution in [3.63, 3.8) is 0 Å². The van der Waals surface area contributed by atoms with Crippen LogP contribution in [0.15, 0.2) is 61.1 Å². The van der Waals surface area contributed by atoms with Crippen LogP contribution >= 0.6 is 0 Å². The molecule has 1 fully saturated rings. The quantitative estimate of drug-likeness (QED) is 0.791. The van der Waals surface area contributed by atoms with Gasteiger partial charge < -0.3 is 15.1 Å². The van der Waals surface area contributed by atoms with Gasteiger partial charge in [-0.05, 0) is 23.8 Å². The predicted molar refractivity (Wildman–Crippen MR) is 102 cm³/mol. The van der Waals surface area contributed by atoms with Crippen LogP contribution in [0.3, 0.4) is 0 Å². The van der Waals surface area contributed by atoms with Crippen molar-refractivity contribution in [1.29, 1.82) is 0 Å². The van der Waals surface area contributed by atoms with Crippen molar-refractivity contribution in [1.82, 2.24) is 20.2 Å². The number of rotatable bonds is 3. The van der Waals surface area contributed by atoms with Gasteiger partial charge in [0.25, 0.3) is 0 Å². The molecule has 3 aromatic rings. The molecule has 0 bridgehead atoms. The minimum Gasteiger partial charge on any atom is -0.368 e. The maximum Gasteiger partial charge on any atom is 0.317 e. The highest BCUT2D eigenvalue weighted by molar-refractivity contribution is 5.82. The summed E-state index contributed by atoms with van der Waals surface area (Å²) in [5.74, 6) is 0. The molecule has 0 aliphatic carbocycles. The van der Waals surface area contributed by atoms with Crippen LogP contribution in [0.1, 0.15) is 5.56 Å². The topological polar surface area (TPSA) is 61.4 Å². The molecule has 2 amide bonds. The van der Waals surface area contributed by atoms with Gasteiger partial charge in [0.2, 0.25) is 0 Å². The van der Waals surface area contributed by atoms with Crippen molar-refractivity contribution in [3.05, 3.63) is 66.6 Å². The van der Waals surface area contributed by atoms with Crippen LogP contribution < -0.4 is 10.2 Å². The Morgan fingerprint density at radius 3 is 2.54 bits per heavy atom. The highest BCUT2D eigenvalue weighted by Gasteiger charge is 2.21. The fourth-order valence-electron chi connectivity index (χ4n) is 3.32. The third-order valence-electron chi connectivity index (χ3n) is 4.74. The largest absolute Gasteiger partial charge is 0.368 e. The minimum absolute atomic E-state index is 0.0210. The number of piperazine rings is 1. The summed E-state index contributed by atoms with van der Waals surface area (Å²) in [6, 6.07) is 14.0. The van der Waals surface area contributed by atoms with Crippen LogP contribution in [0.2, 0.25) is 0 Å². The van der Waals surface area contributed by atoms with E-state index in [2.05, 4.69) is 20.2 Å². The zero-order valence-corrected chi connectivity index (χ0v) is 14.5. The van der Waals surface area contributed by atoms with Crippen LogP contribution in [-0.4, -0.2) is 47.1 Å². The number of amides is 2. The molecule has 6 heteroatoms. The van der Waals surface area contributed by atoms with Gasteiger partial charge >= 0.3 is 6.03 Å². The number of fused-ring (bicyclic) bond motifs is 1. The van der Waals surface area contributed by atoms with Gasteiger partial charge in [0.1, 0.15) is 0 Å². The summed E-state index contributed by atoms with van der Waals surface area (Å²) in [6.07, 6.45) is 5.38. The Hall–Kier alpha value is -3.15. The molecule has 1 N–H and O–H groups in total. The Morgan fingerprint density at radius 1 is 0.962 bits per heavy atom. The standard InChI is InChI=1S/C20H21N5O/c26-20(23-15-17-4-1-3-16-5-2-8-22-19(16)17)25-13-11-24(12-14-25)18-6-9-21-10-7-18/h1-10H,11-15H2,(H,23,26). The van der Waals surface area contributed by atoms with E-state index in [9.17, 15) is 4.79 Å². The molecule has 0 spiro atoms. The van der Waals surface area contributed by atoms with Crippen molar-refractivity contribution >= 4 is 22.6 Å². The smallest absolute Gasteiger partial charge is 0.317 e. The van der Waals surface area contributed by atoms with Crippen molar-refractivity contribution in [2.75, 3.05) is 31.1 Å². The van der Waals surface area contributed by atoms with E-state index in [-0.39, 0.29) is 6.03 Å². The van der Waals surface area contributed by atoms with Crippen LogP contribution in [0.25, 0.3) is 10.9 Å². The van der Waals surface area contributed by atoms with Gasteiger partial charge in [-0.15, -0.1) is 0 Å². The molecule has 0 saturated carbocycles. The number of aromatic nitrogens is 2. The first-order valence-electron chi connectivity index (χ1n) is 8.81. The molecule has 1 aliphatic heterocycles. The summed E-state index contributed by atoms with van der Waals surface area (Å²) in [6.45, 7) is 3.56. The first-order chi connectivity index (χ1) is 12.8. The second kappa shape index (κ2) is 7.39. The fraction of sp³-hybridized carbons (Fsp3) is 0.250. The number of nitrogens with one attached hydrogen (secondary N) is 1. The minimum atomic E-state index is -0.0210. The maximum absolute atomic E-state index is 12.5. The summed E-state index contributed by atoms with van der Waals surface area (Å²) in [7, 11) is 0. The number of carbonyl (C=O) groups excluding carboxylic acids is 1. The van der Waals surface area contributed by atoms with E-state index >= 15 is 0 Å². The molecule has 26 heavy (non-hydrogen) atoms. The molecule has 2 aromatic heterocycles. The van der Waals surface area contributed by atoms with Gasteiger partial charge in [-0.1, -0.05) is 24.3 Å². The lowest BCUT2D eigenvalue weighted by molar-refractivity contribution is 0.194. The van der Waals surface area contributed by atoms with Gasteiger partial charge in [0.15, 0.2) is 0 Å². The molecule has 4 rings (SSSR count). The lowest BCUT2D eigenvalue weighted by Crippen LogP contribution is -2.51. The van der Waals surface area contributed by atoms with Crippen molar-refractivity contribution in [2.24, 2.45) is 0 Å². The summed E-state index contributed by atoms with van der Waals surface area (Å²) in [5.41, 5.74) is 3.13. The highest BCUT2D eigenvalue weighted by atomic mass is 16.2. The molecule has 0 atom stereocenters. The van der Waals surface area contributed by atoms with Crippen molar-refractivity contribution in [2.45, 2.75) is 6.54 Å². The molecule has 0 radical (unpaired) electrons. The number of carbonyl (C=O) groups is 1. The predicted octanol–water partition coefficient (Wildman–Crippen LogP) is 2.66. The Bertz CT molecular complexity index is 886. The Labute approximate surface area is 152 Å². The fourth-order valence-corrected chi connectivity index (χ4v) is 3.32. The highest BCUT2D eigenvalue weighted by Crippen LogP contribution is 2.17. The molecule has 1 saturated heterocycles. The molecular weight excluding hydrogens is 326 g/mol. The molecule has 132 valence electrons. The monoisotopic (exact) mass is 347 g/mol. The molecular formula is C20H21N5O. The van der Waals surface area contributed by atoms with E-state index in [4.69, 9.17) is 0 Å². The lowest BCUT2D eigenvalue weighted by atomic mass is 10.1. The van der Waals surface area contributed by atoms with E-state index in [0.29, 0.717) is 19.6 Å². The van der Waals surface area contributed by atoms with Crippen LogP contribution in [0.5, 0.6) is 0 Å². The first kappa shape index (κ1) is 16.3. The van der Waals surface area contributed by atoms with Crippen LogP contribution in [0.4, 0.5) is 10.5 Å². The zero-order valence-electron chi connectivity index (χ0n) is 14.5. The van der Waals surface area contributed by atoms with Crippen molar-refractivity contribution in [3.8, 4) is 0 Å². The van der Waals surface area contributed by atoms with Crippen LogP contribution in [0, 0.1) is 0 Å². The number of pyridine rings is 2. The third kappa shape index (κ3) is 3.44. The van der Waals surface area contributed by atoms with Crippen LogP contribution in [-0.2, 0) is 6.54 Å². The second-order valence-corrected chi connectivity index (χ2v) is 6.33. The summed E-state index contributed by atoms with van der Waals surface area (Å²) < 4.78 is 0. The van der Waals surface area contributed by atoms with Crippen molar-refractivity contribution < 1.29 is 4.79 Å². The number of hydrogen-bond donors (Lipinski definition) is 1. The number of nitrogens with zero attached hydrogens (tertiary/aromatic N) is 4. The number of benzene rings is 1. The molecule has 6 nitrogen and oxygen atoms in total. The first-order valence-corrected chi connectivity index (χ1v) is 8.81. The van der Waals surface area contributed by atoms with E-state index < -0.39 is 0 Å². The number of anilines is 1. The van der Waals surface area contributed by atoms with Gasteiger partial charge in [0.05, 0.1) is 5.52 Å².